The Morgan fingerprint density at radius 1 is 0.622 bits per heavy atom. The van der Waals surface area contributed by atoms with Crippen molar-refractivity contribution in [2.75, 3.05) is 0 Å². The molecule has 0 bridgehead atoms. The highest BCUT2D eigenvalue weighted by Crippen LogP contribution is 2.36. The number of hydrogen-bond donors (Lipinski definition) is 1. The second-order valence-electron chi connectivity index (χ2n) is 7.63. The summed E-state index contributed by atoms with van der Waals surface area (Å²) >= 11 is 11.7. The fourth-order valence-corrected chi connectivity index (χ4v) is 4.26. The fourth-order valence-electron chi connectivity index (χ4n) is 3.91. The Kier molecular flexibility index (Phi) is 5.58. The standard InChI is InChI=1S/C13H3ClN4O.C12H4ClN3O2/c14-6-1-2-7-8(3-6)13(19)12-11(7)17-9(4-15)10(5-16)18-12;13-5-1-2-6-7(3-5)11(17)10-9(6)16-12(18)8(4-14)15-10/h1-3H;1-3H,(H,16,18). The van der Waals surface area contributed by atoms with Crippen molar-refractivity contribution >= 4 is 34.8 Å². The highest BCUT2D eigenvalue weighted by Gasteiger charge is 2.32. The summed E-state index contributed by atoms with van der Waals surface area (Å²) in [4.78, 5) is 50.0. The van der Waals surface area contributed by atoms with E-state index in [4.69, 9.17) is 39.0 Å². The molecule has 0 saturated heterocycles. The minimum Gasteiger partial charge on any atom is -0.317 e. The van der Waals surface area contributed by atoms with Crippen LogP contribution >= 0.6 is 23.2 Å². The van der Waals surface area contributed by atoms with Gasteiger partial charge < -0.3 is 4.98 Å². The number of halogens is 2. The molecule has 0 amide bonds. The van der Waals surface area contributed by atoms with Crippen molar-refractivity contribution in [3.63, 3.8) is 0 Å². The first-order valence-electron chi connectivity index (χ1n) is 10.2. The van der Waals surface area contributed by atoms with Crippen molar-refractivity contribution in [3.05, 3.63) is 96.4 Å². The van der Waals surface area contributed by atoms with Crippen LogP contribution in [0.4, 0.5) is 0 Å². The summed E-state index contributed by atoms with van der Waals surface area (Å²) in [6, 6.07) is 14.8. The van der Waals surface area contributed by atoms with Crippen LogP contribution < -0.4 is 5.56 Å². The molecule has 2 aliphatic carbocycles. The van der Waals surface area contributed by atoms with Crippen molar-refractivity contribution < 1.29 is 9.59 Å². The lowest BCUT2D eigenvalue weighted by molar-refractivity contribution is 0.103. The molecule has 2 aliphatic rings. The molecular formula is C25H7Cl2N7O3. The lowest BCUT2D eigenvalue weighted by Crippen LogP contribution is -2.15. The van der Waals surface area contributed by atoms with Crippen LogP contribution in [0, 0.1) is 34.0 Å². The average molecular weight is 524 g/mol. The molecule has 2 aromatic heterocycles. The molecule has 6 rings (SSSR count). The molecule has 4 aromatic rings. The van der Waals surface area contributed by atoms with Gasteiger partial charge >= 0.3 is 0 Å². The molecule has 0 fully saturated rings. The molecule has 12 heteroatoms. The third-order valence-electron chi connectivity index (χ3n) is 5.53. The second kappa shape index (κ2) is 8.78. The van der Waals surface area contributed by atoms with Crippen molar-refractivity contribution in [2.24, 2.45) is 0 Å². The smallest absolute Gasteiger partial charge is 0.285 e. The summed E-state index contributed by atoms with van der Waals surface area (Å²) in [6.07, 6.45) is 0. The van der Waals surface area contributed by atoms with E-state index >= 15 is 0 Å². The zero-order valence-electron chi connectivity index (χ0n) is 18.1. The molecule has 0 unspecified atom stereocenters. The molecule has 174 valence electrons. The zero-order valence-corrected chi connectivity index (χ0v) is 19.6. The predicted octanol–water partition coefficient (Wildman–Crippen LogP) is 3.59. The number of aromatic amines is 1. The molecule has 1 N–H and O–H groups in total. The molecular weight excluding hydrogens is 517 g/mol. The zero-order chi connectivity index (χ0) is 26.4. The van der Waals surface area contributed by atoms with Gasteiger partial charge in [-0.25, -0.2) is 15.0 Å². The Labute approximate surface area is 217 Å². The van der Waals surface area contributed by atoms with E-state index in [1.807, 2.05) is 0 Å². The lowest BCUT2D eigenvalue weighted by atomic mass is 10.1. The number of rotatable bonds is 0. The number of nitrogens with zero attached hydrogens (tertiary/aromatic N) is 6. The van der Waals surface area contributed by atoms with E-state index in [9.17, 15) is 14.4 Å². The largest absolute Gasteiger partial charge is 0.317 e. The Bertz CT molecular complexity index is 1910. The highest BCUT2D eigenvalue weighted by atomic mass is 35.5. The minimum atomic E-state index is -0.605. The van der Waals surface area contributed by atoms with E-state index in [0.29, 0.717) is 43.7 Å². The van der Waals surface area contributed by atoms with Gasteiger partial charge in [0.1, 0.15) is 35.3 Å². The van der Waals surface area contributed by atoms with Gasteiger partial charge in [-0.05, 0) is 24.3 Å². The number of nitrogens with one attached hydrogen (secondary N) is 1. The number of benzene rings is 2. The van der Waals surface area contributed by atoms with Crippen molar-refractivity contribution in [3.8, 4) is 40.7 Å². The summed E-state index contributed by atoms with van der Waals surface area (Å²) in [6.45, 7) is 0. The van der Waals surface area contributed by atoms with Crippen LogP contribution in [0.25, 0.3) is 22.5 Å². The Morgan fingerprint density at radius 3 is 1.70 bits per heavy atom. The molecule has 10 nitrogen and oxygen atoms in total. The van der Waals surface area contributed by atoms with Crippen LogP contribution in [-0.4, -0.2) is 31.5 Å². The first-order chi connectivity index (χ1) is 17.8. The van der Waals surface area contributed by atoms with Gasteiger partial charge in [0, 0.05) is 32.3 Å². The van der Waals surface area contributed by atoms with E-state index < -0.39 is 5.56 Å². The number of aromatic nitrogens is 4. The van der Waals surface area contributed by atoms with Crippen LogP contribution in [0.1, 0.15) is 49.2 Å². The van der Waals surface area contributed by atoms with Crippen LogP contribution in [-0.2, 0) is 0 Å². The molecule has 0 aliphatic heterocycles. The van der Waals surface area contributed by atoms with Crippen molar-refractivity contribution in [2.45, 2.75) is 0 Å². The SMILES string of the molecule is N#Cc1nc2c([nH]c1=O)-c1ccc(Cl)cc1C2=O.N#Cc1nc2c(nc1C#N)-c1ccc(Cl)cc1C2=O. The third kappa shape index (κ3) is 3.72. The first kappa shape index (κ1) is 23.5. The minimum absolute atomic E-state index is 0.0862. The van der Waals surface area contributed by atoms with Gasteiger partial charge in [-0.2, -0.15) is 15.8 Å². The fraction of sp³-hybridized carbons (Fsp3) is 0. The maximum Gasteiger partial charge on any atom is 0.285 e. The molecule has 2 aromatic carbocycles. The number of nitriles is 3. The van der Waals surface area contributed by atoms with E-state index in [2.05, 4.69) is 19.9 Å². The first-order valence-corrected chi connectivity index (χ1v) is 11.0. The molecule has 0 spiro atoms. The summed E-state index contributed by atoms with van der Waals surface area (Å²) in [5, 5.41) is 27.4. The van der Waals surface area contributed by atoms with Crippen LogP contribution in [0.15, 0.2) is 41.2 Å². The van der Waals surface area contributed by atoms with Gasteiger partial charge in [0.05, 0.1) is 5.69 Å². The highest BCUT2D eigenvalue weighted by molar-refractivity contribution is 6.32. The van der Waals surface area contributed by atoms with Crippen molar-refractivity contribution in [1.29, 1.82) is 15.8 Å². The second-order valence-corrected chi connectivity index (χ2v) is 8.50. The maximum absolute atomic E-state index is 12.2. The van der Waals surface area contributed by atoms with E-state index in [1.165, 1.54) is 12.1 Å². The third-order valence-corrected chi connectivity index (χ3v) is 6.00. The van der Waals surface area contributed by atoms with Gasteiger partial charge in [-0.15, -0.1) is 0 Å². The summed E-state index contributed by atoms with van der Waals surface area (Å²) < 4.78 is 0. The molecule has 0 atom stereocenters. The van der Waals surface area contributed by atoms with Gasteiger partial charge in [0.25, 0.3) is 5.56 Å². The normalized spacial score (nSPS) is 11.6. The van der Waals surface area contributed by atoms with Crippen molar-refractivity contribution in [1.82, 2.24) is 19.9 Å². The number of fused-ring (bicyclic) bond motifs is 6. The lowest BCUT2D eigenvalue weighted by Gasteiger charge is -1.99. The summed E-state index contributed by atoms with van der Waals surface area (Å²) in [5.74, 6) is -0.670. The number of ketones is 2. The maximum atomic E-state index is 12.2. The van der Waals surface area contributed by atoms with Gasteiger partial charge in [0.15, 0.2) is 11.4 Å². The molecule has 2 heterocycles. The number of H-pyrrole nitrogens is 1. The van der Waals surface area contributed by atoms with E-state index in [-0.39, 0.29) is 40.0 Å². The number of carbonyl (C=O) groups excluding carboxylic acids is 2. The summed E-state index contributed by atoms with van der Waals surface area (Å²) in [7, 11) is 0. The average Bonchev–Trinajstić information content (AvgIpc) is 3.32. The van der Waals surface area contributed by atoms with Gasteiger partial charge in [-0.1, -0.05) is 35.3 Å². The van der Waals surface area contributed by atoms with Crippen LogP contribution in [0.5, 0.6) is 0 Å². The Morgan fingerprint density at radius 2 is 1.11 bits per heavy atom. The van der Waals surface area contributed by atoms with E-state index in [0.717, 1.165) is 0 Å². The number of hydrogen-bond acceptors (Lipinski definition) is 9. The van der Waals surface area contributed by atoms with Crippen LogP contribution in [0.2, 0.25) is 10.0 Å². The Hall–Kier alpha value is -5.21. The molecule has 37 heavy (non-hydrogen) atoms. The van der Waals surface area contributed by atoms with Gasteiger partial charge in [-0.3, -0.25) is 14.4 Å². The topological polar surface area (TPSA) is 177 Å². The Balaban J connectivity index is 0.000000152. The quantitative estimate of drug-likeness (QED) is 0.311. The number of carbonyl (C=O) groups is 2. The summed E-state index contributed by atoms with van der Waals surface area (Å²) in [5.41, 5.74) is 1.63. The predicted molar refractivity (Wildman–Crippen MR) is 129 cm³/mol. The van der Waals surface area contributed by atoms with E-state index in [1.54, 1.807) is 42.5 Å². The van der Waals surface area contributed by atoms with Gasteiger partial charge in [0.2, 0.25) is 17.3 Å². The monoisotopic (exact) mass is 523 g/mol. The molecule has 0 radical (unpaired) electrons. The van der Waals surface area contributed by atoms with Crippen LogP contribution in [0.3, 0.4) is 0 Å². The molecule has 0 saturated carbocycles.